The summed E-state index contributed by atoms with van der Waals surface area (Å²) in [7, 11) is 0. The molecule has 1 heterocycles. The Hall–Kier alpha value is -2.57. The number of amides is 1. The van der Waals surface area contributed by atoms with E-state index in [4.69, 9.17) is 0 Å². The Morgan fingerprint density at radius 2 is 2.10 bits per heavy atom. The van der Waals surface area contributed by atoms with E-state index in [-0.39, 0.29) is 24.0 Å². The van der Waals surface area contributed by atoms with Crippen LogP contribution in [0.4, 0.5) is 4.39 Å². The van der Waals surface area contributed by atoms with Gasteiger partial charge >= 0.3 is 0 Å². The SMILES string of the molecule is O=Cc1cn(CC(=O)NCCc2ccc(F)cc2)nn1. The van der Waals surface area contributed by atoms with Crippen molar-refractivity contribution in [2.24, 2.45) is 0 Å². The monoisotopic (exact) mass is 276 g/mol. The molecule has 0 saturated heterocycles. The number of carbonyl (C=O) groups excluding carboxylic acids is 2. The third-order valence-corrected chi connectivity index (χ3v) is 2.63. The third kappa shape index (κ3) is 3.98. The van der Waals surface area contributed by atoms with Gasteiger partial charge < -0.3 is 5.32 Å². The van der Waals surface area contributed by atoms with Gasteiger partial charge in [-0.3, -0.25) is 9.59 Å². The summed E-state index contributed by atoms with van der Waals surface area (Å²) in [6.45, 7) is 0.448. The first-order valence-corrected chi connectivity index (χ1v) is 6.04. The fourth-order valence-electron chi connectivity index (χ4n) is 1.65. The zero-order valence-corrected chi connectivity index (χ0v) is 10.6. The normalized spacial score (nSPS) is 10.2. The molecule has 1 aromatic heterocycles. The van der Waals surface area contributed by atoms with E-state index < -0.39 is 0 Å². The van der Waals surface area contributed by atoms with E-state index in [0.717, 1.165) is 5.56 Å². The second kappa shape index (κ2) is 6.55. The summed E-state index contributed by atoms with van der Waals surface area (Å²) in [6, 6.07) is 6.12. The number of hydrogen-bond acceptors (Lipinski definition) is 4. The van der Waals surface area contributed by atoms with Gasteiger partial charge in [0.05, 0.1) is 6.20 Å². The Morgan fingerprint density at radius 3 is 2.75 bits per heavy atom. The molecule has 1 amide bonds. The standard InChI is InChI=1S/C13H13FN4O2/c14-11-3-1-10(2-4-11)5-6-15-13(20)8-18-7-12(9-19)16-17-18/h1-4,7,9H,5-6,8H2,(H,15,20). The minimum absolute atomic E-state index is 0.00422. The minimum atomic E-state index is -0.282. The average Bonchev–Trinajstić information content (AvgIpc) is 2.88. The molecule has 2 rings (SSSR count). The maximum Gasteiger partial charge on any atom is 0.241 e. The van der Waals surface area contributed by atoms with E-state index in [1.54, 1.807) is 12.1 Å². The Morgan fingerprint density at radius 1 is 1.35 bits per heavy atom. The Bertz CT molecular complexity index is 595. The summed E-state index contributed by atoms with van der Waals surface area (Å²) >= 11 is 0. The molecule has 0 fully saturated rings. The zero-order chi connectivity index (χ0) is 14.4. The highest BCUT2D eigenvalue weighted by Gasteiger charge is 2.05. The number of aldehydes is 1. The van der Waals surface area contributed by atoms with Crippen molar-refractivity contribution >= 4 is 12.2 Å². The van der Waals surface area contributed by atoms with E-state index in [1.807, 2.05) is 0 Å². The maximum atomic E-state index is 12.7. The summed E-state index contributed by atoms with van der Waals surface area (Å²) in [4.78, 5) is 22.0. The second-order valence-electron chi connectivity index (χ2n) is 4.19. The van der Waals surface area contributed by atoms with Gasteiger partial charge in [0.15, 0.2) is 6.29 Å². The third-order valence-electron chi connectivity index (χ3n) is 2.63. The lowest BCUT2D eigenvalue weighted by Gasteiger charge is -2.05. The molecule has 0 spiro atoms. The highest BCUT2D eigenvalue weighted by molar-refractivity contribution is 5.76. The van der Waals surface area contributed by atoms with Crippen LogP contribution in [0.25, 0.3) is 0 Å². The lowest BCUT2D eigenvalue weighted by Crippen LogP contribution is -2.29. The molecular formula is C13H13FN4O2. The number of nitrogens with zero attached hydrogens (tertiary/aromatic N) is 3. The van der Waals surface area contributed by atoms with E-state index in [1.165, 1.54) is 23.0 Å². The summed E-state index contributed by atoms with van der Waals surface area (Å²) in [5.41, 5.74) is 1.12. The molecule has 1 N–H and O–H groups in total. The van der Waals surface area contributed by atoms with Crippen molar-refractivity contribution in [3.63, 3.8) is 0 Å². The quantitative estimate of drug-likeness (QED) is 0.783. The van der Waals surface area contributed by atoms with Crippen molar-refractivity contribution in [3.05, 3.63) is 47.5 Å². The van der Waals surface area contributed by atoms with Gasteiger partial charge in [-0.05, 0) is 24.1 Å². The largest absolute Gasteiger partial charge is 0.354 e. The van der Waals surface area contributed by atoms with Crippen molar-refractivity contribution < 1.29 is 14.0 Å². The number of halogens is 1. The number of carbonyl (C=O) groups is 2. The molecule has 2 aromatic rings. The number of hydrogen-bond donors (Lipinski definition) is 1. The molecule has 0 bridgehead atoms. The van der Waals surface area contributed by atoms with Gasteiger partial charge in [-0.1, -0.05) is 17.3 Å². The molecule has 20 heavy (non-hydrogen) atoms. The number of nitrogens with one attached hydrogen (secondary N) is 1. The molecule has 0 aliphatic rings. The van der Waals surface area contributed by atoms with Crippen LogP contribution >= 0.6 is 0 Å². The molecular weight excluding hydrogens is 263 g/mol. The van der Waals surface area contributed by atoms with Gasteiger partial charge in [-0.2, -0.15) is 0 Å². The topological polar surface area (TPSA) is 76.9 Å². The van der Waals surface area contributed by atoms with Crippen molar-refractivity contribution in [3.8, 4) is 0 Å². The smallest absolute Gasteiger partial charge is 0.241 e. The highest BCUT2D eigenvalue weighted by Crippen LogP contribution is 2.02. The molecule has 7 heteroatoms. The lowest BCUT2D eigenvalue weighted by atomic mass is 10.1. The van der Waals surface area contributed by atoms with Crippen LogP contribution < -0.4 is 5.32 Å². The Kier molecular flexibility index (Phi) is 4.54. The predicted molar refractivity (Wildman–Crippen MR) is 68.5 cm³/mol. The van der Waals surface area contributed by atoms with Gasteiger partial charge in [-0.25, -0.2) is 9.07 Å². The van der Waals surface area contributed by atoms with Crippen molar-refractivity contribution in [1.29, 1.82) is 0 Å². The van der Waals surface area contributed by atoms with Crippen molar-refractivity contribution in [1.82, 2.24) is 20.3 Å². The zero-order valence-electron chi connectivity index (χ0n) is 10.6. The van der Waals surface area contributed by atoms with E-state index in [0.29, 0.717) is 19.3 Å². The van der Waals surface area contributed by atoms with E-state index in [2.05, 4.69) is 15.6 Å². The molecule has 0 unspecified atom stereocenters. The predicted octanol–water partition coefficient (Wildman–Crippen LogP) is 0.589. The Balaban J connectivity index is 1.75. The number of rotatable bonds is 6. The summed E-state index contributed by atoms with van der Waals surface area (Å²) in [6.07, 6.45) is 2.57. The number of aromatic nitrogens is 3. The molecule has 0 aliphatic heterocycles. The van der Waals surface area contributed by atoms with Crippen LogP contribution in [-0.2, 0) is 17.8 Å². The van der Waals surface area contributed by atoms with Crippen LogP contribution in [0.2, 0.25) is 0 Å². The fourth-order valence-corrected chi connectivity index (χ4v) is 1.65. The summed E-state index contributed by atoms with van der Waals surface area (Å²) in [5, 5.41) is 9.90. The molecule has 0 saturated carbocycles. The first-order chi connectivity index (χ1) is 9.67. The van der Waals surface area contributed by atoms with Gasteiger partial charge in [-0.15, -0.1) is 5.10 Å². The molecule has 104 valence electrons. The van der Waals surface area contributed by atoms with Crippen LogP contribution in [0.1, 0.15) is 16.1 Å². The number of benzene rings is 1. The van der Waals surface area contributed by atoms with Gasteiger partial charge in [0.25, 0.3) is 0 Å². The highest BCUT2D eigenvalue weighted by atomic mass is 19.1. The second-order valence-corrected chi connectivity index (χ2v) is 4.19. The fraction of sp³-hybridized carbons (Fsp3) is 0.231. The average molecular weight is 276 g/mol. The van der Waals surface area contributed by atoms with Crippen LogP contribution in [-0.4, -0.2) is 33.7 Å². The van der Waals surface area contributed by atoms with Gasteiger partial charge in [0.2, 0.25) is 5.91 Å². The lowest BCUT2D eigenvalue weighted by molar-refractivity contribution is -0.121. The van der Waals surface area contributed by atoms with Crippen molar-refractivity contribution in [2.75, 3.05) is 6.54 Å². The summed E-state index contributed by atoms with van der Waals surface area (Å²) < 4.78 is 14.0. The molecule has 1 aromatic carbocycles. The minimum Gasteiger partial charge on any atom is -0.354 e. The van der Waals surface area contributed by atoms with Crippen LogP contribution in [0.5, 0.6) is 0 Å². The molecule has 0 aliphatic carbocycles. The van der Waals surface area contributed by atoms with Crippen LogP contribution in [0, 0.1) is 5.82 Å². The molecule has 0 radical (unpaired) electrons. The molecule has 6 nitrogen and oxygen atoms in total. The Labute approximate surface area is 114 Å². The van der Waals surface area contributed by atoms with Gasteiger partial charge in [0, 0.05) is 6.54 Å². The van der Waals surface area contributed by atoms with E-state index in [9.17, 15) is 14.0 Å². The van der Waals surface area contributed by atoms with E-state index >= 15 is 0 Å². The van der Waals surface area contributed by atoms with Gasteiger partial charge in [0.1, 0.15) is 18.1 Å². The first kappa shape index (κ1) is 13.9. The van der Waals surface area contributed by atoms with Crippen LogP contribution in [0.3, 0.4) is 0 Å². The van der Waals surface area contributed by atoms with Crippen LogP contribution in [0.15, 0.2) is 30.5 Å². The van der Waals surface area contributed by atoms with Crippen molar-refractivity contribution in [2.45, 2.75) is 13.0 Å². The first-order valence-electron chi connectivity index (χ1n) is 6.04. The summed E-state index contributed by atoms with van der Waals surface area (Å²) in [5.74, 6) is -0.510. The molecule has 0 atom stereocenters. The maximum absolute atomic E-state index is 12.7.